The standard InChI is InChI=1S/C21H23N5O4/c1-13-20(15(3)25(24-13)16-8-6-5-7-9-16)22-14(2)21(27)23-18-12-17(26(28)29)10-11-19(18)30-4/h5-12,14,22H,1-4H3,(H,23,27). The topological polar surface area (TPSA) is 111 Å². The number of hydrogen-bond donors (Lipinski definition) is 2. The average Bonchev–Trinajstić information content (AvgIpc) is 3.02. The van der Waals surface area contributed by atoms with Crippen molar-refractivity contribution in [3.8, 4) is 11.4 Å². The minimum Gasteiger partial charge on any atom is -0.495 e. The molecule has 3 rings (SSSR count). The molecule has 0 radical (unpaired) electrons. The Balaban J connectivity index is 1.80. The number of rotatable bonds is 7. The van der Waals surface area contributed by atoms with Gasteiger partial charge in [0.15, 0.2) is 0 Å². The molecule has 30 heavy (non-hydrogen) atoms. The second-order valence-electron chi connectivity index (χ2n) is 6.79. The molecule has 0 aliphatic heterocycles. The Hall–Kier alpha value is -3.88. The third-order valence-electron chi connectivity index (χ3n) is 4.70. The summed E-state index contributed by atoms with van der Waals surface area (Å²) < 4.78 is 7.01. The Morgan fingerprint density at radius 3 is 2.53 bits per heavy atom. The van der Waals surface area contributed by atoms with Gasteiger partial charge in [-0.2, -0.15) is 5.10 Å². The van der Waals surface area contributed by atoms with Crippen LogP contribution in [0.15, 0.2) is 48.5 Å². The number of aromatic nitrogens is 2. The molecular formula is C21H23N5O4. The molecule has 0 aliphatic carbocycles. The number of nitro groups is 1. The molecule has 1 atom stereocenters. The summed E-state index contributed by atoms with van der Waals surface area (Å²) in [6.45, 7) is 5.49. The third kappa shape index (κ3) is 4.24. The number of nitro benzene ring substituents is 1. The Labute approximate surface area is 173 Å². The van der Waals surface area contributed by atoms with Gasteiger partial charge in [0.25, 0.3) is 5.69 Å². The number of non-ortho nitro benzene ring substituents is 1. The van der Waals surface area contributed by atoms with Gasteiger partial charge in [-0.3, -0.25) is 14.9 Å². The summed E-state index contributed by atoms with van der Waals surface area (Å²) in [5.41, 5.74) is 3.40. The molecule has 1 unspecified atom stereocenters. The monoisotopic (exact) mass is 409 g/mol. The Morgan fingerprint density at radius 2 is 1.90 bits per heavy atom. The van der Waals surface area contributed by atoms with E-state index in [1.807, 2.05) is 48.9 Å². The lowest BCUT2D eigenvalue weighted by molar-refractivity contribution is -0.384. The van der Waals surface area contributed by atoms with Crippen molar-refractivity contribution in [2.45, 2.75) is 26.8 Å². The van der Waals surface area contributed by atoms with Crippen LogP contribution in [0.1, 0.15) is 18.3 Å². The van der Waals surface area contributed by atoms with E-state index in [4.69, 9.17) is 4.74 Å². The average molecular weight is 409 g/mol. The Kier molecular flexibility index (Phi) is 6.01. The fourth-order valence-electron chi connectivity index (χ4n) is 3.10. The highest BCUT2D eigenvalue weighted by Gasteiger charge is 2.21. The molecule has 9 heteroatoms. The maximum absolute atomic E-state index is 12.7. The summed E-state index contributed by atoms with van der Waals surface area (Å²) >= 11 is 0. The summed E-state index contributed by atoms with van der Waals surface area (Å²) in [7, 11) is 1.43. The third-order valence-corrected chi connectivity index (χ3v) is 4.70. The first-order chi connectivity index (χ1) is 14.3. The van der Waals surface area contributed by atoms with Gasteiger partial charge in [-0.05, 0) is 39.0 Å². The zero-order valence-electron chi connectivity index (χ0n) is 17.2. The first-order valence-electron chi connectivity index (χ1n) is 9.33. The number of anilines is 2. The predicted molar refractivity (Wildman–Crippen MR) is 114 cm³/mol. The number of ether oxygens (including phenoxy) is 1. The van der Waals surface area contributed by atoms with Crippen LogP contribution in [0.3, 0.4) is 0 Å². The molecule has 0 saturated carbocycles. The number of carbonyl (C=O) groups is 1. The molecule has 3 aromatic rings. The second-order valence-corrected chi connectivity index (χ2v) is 6.79. The van der Waals surface area contributed by atoms with Crippen molar-refractivity contribution >= 4 is 23.0 Å². The molecule has 0 saturated heterocycles. The molecule has 0 bridgehead atoms. The maximum Gasteiger partial charge on any atom is 0.271 e. The fourth-order valence-corrected chi connectivity index (χ4v) is 3.10. The van der Waals surface area contributed by atoms with Crippen molar-refractivity contribution in [2.75, 3.05) is 17.7 Å². The van der Waals surface area contributed by atoms with Gasteiger partial charge in [0.05, 0.1) is 40.5 Å². The van der Waals surface area contributed by atoms with Crippen molar-refractivity contribution < 1.29 is 14.5 Å². The van der Waals surface area contributed by atoms with Gasteiger partial charge in [-0.1, -0.05) is 18.2 Å². The highest BCUT2D eigenvalue weighted by atomic mass is 16.6. The summed E-state index contributed by atoms with van der Waals surface area (Å²) in [5, 5.41) is 21.5. The van der Waals surface area contributed by atoms with E-state index >= 15 is 0 Å². The van der Waals surface area contributed by atoms with Gasteiger partial charge in [-0.25, -0.2) is 4.68 Å². The Morgan fingerprint density at radius 1 is 1.20 bits per heavy atom. The smallest absolute Gasteiger partial charge is 0.271 e. The summed E-state index contributed by atoms with van der Waals surface area (Å²) in [6, 6.07) is 13.1. The van der Waals surface area contributed by atoms with Crippen LogP contribution in [0.2, 0.25) is 0 Å². The van der Waals surface area contributed by atoms with Crippen LogP contribution >= 0.6 is 0 Å². The van der Waals surface area contributed by atoms with E-state index < -0.39 is 11.0 Å². The molecule has 1 heterocycles. The number of amides is 1. The van der Waals surface area contributed by atoms with E-state index in [1.54, 1.807) is 6.92 Å². The van der Waals surface area contributed by atoms with Crippen LogP contribution in [0.25, 0.3) is 5.69 Å². The van der Waals surface area contributed by atoms with E-state index in [0.29, 0.717) is 5.75 Å². The van der Waals surface area contributed by atoms with Crippen molar-refractivity contribution in [3.05, 3.63) is 70.0 Å². The molecular weight excluding hydrogens is 386 g/mol. The van der Waals surface area contributed by atoms with Crippen molar-refractivity contribution in [1.82, 2.24) is 9.78 Å². The molecule has 0 aliphatic rings. The minimum atomic E-state index is -0.625. The molecule has 0 spiro atoms. The number of benzene rings is 2. The number of carbonyl (C=O) groups excluding carboxylic acids is 1. The quantitative estimate of drug-likeness (QED) is 0.453. The van der Waals surface area contributed by atoms with E-state index in [1.165, 1.54) is 25.3 Å². The highest BCUT2D eigenvalue weighted by molar-refractivity contribution is 5.97. The van der Waals surface area contributed by atoms with Gasteiger partial charge in [-0.15, -0.1) is 0 Å². The van der Waals surface area contributed by atoms with Crippen LogP contribution in [0.4, 0.5) is 17.1 Å². The molecule has 0 fully saturated rings. The fraction of sp³-hybridized carbons (Fsp3) is 0.238. The van der Waals surface area contributed by atoms with E-state index in [-0.39, 0.29) is 17.3 Å². The number of para-hydroxylation sites is 1. The second kappa shape index (κ2) is 8.64. The molecule has 2 N–H and O–H groups in total. The van der Waals surface area contributed by atoms with Gasteiger partial charge in [0.1, 0.15) is 11.8 Å². The van der Waals surface area contributed by atoms with E-state index in [0.717, 1.165) is 22.8 Å². The molecule has 1 aromatic heterocycles. The maximum atomic E-state index is 12.7. The lowest BCUT2D eigenvalue weighted by Gasteiger charge is -2.17. The largest absolute Gasteiger partial charge is 0.495 e. The van der Waals surface area contributed by atoms with E-state index in [9.17, 15) is 14.9 Å². The molecule has 9 nitrogen and oxygen atoms in total. The van der Waals surface area contributed by atoms with Gasteiger partial charge < -0.3 is 15.4 Å². The van der Waals surface area contributed by atoms with Crippen LogP contribution < -0.4 is 15.4 Å². The predicted octanol–water partition coefficient (Wildman–Crippen LogP) is 3.85. The SMILES string of the molecule is COc1ccc([N+](=O)[O-])cc1NC(=O)C(C)Nc1c(C)nn(-c2ccccc2)c1C. The zero-order chi connectivity index (χ0) is 21.8. The van der Waals surface area contributed by atoms with Crippen LogP contribution in [-0.4, -0.2) is 33.8 Å². The van der Waals surface area contributed by atoms with Gasteiger partial charge >= 0.3 is 0 Å². The molecule has 2 aromatic carbocycles. The zero-order valence-corrected chi connectivity index (χ0v) is 17.2. The van der Waals surface area contributed by atoms with Crippen LogP contribution in [0, 0.1) is 24.0 Å². The highest BCUT2D eigenvalue weighted by Crippen LogP contribution is 2.29. The number of aryl methyl sites for hydroxylation is 1. The normalized spacial score (nSPS) is 11.6. The van der Waals surface area contributed by atoms with Crippen molar-refractivity contribution in [3.63, 3.8) is 0 Å². The number of nitrogens with one attached hydrogen (secondary N) is 2. The first kappa shape index (κ1) is 20.8. The molecule has 1 amide bonds. The lowest BCUT2D eigenvalue weighted by Crippen LogP contribution is -2.32. The van der Waals surface area contributed by atoms with E-state index in [2.05, 4.69) is 15.7 Å². The summed E-state index contributed by atoms with van der Waals surface area (Å²) in [4.78, 5) is 23.3. The van der Waals surface area contributed by atoms with Gasteiger partial charge in [0.2, 0.25) is 5.91 Å². The van der Waals surface area contributed by atoms with Gasteiger partial charge in [0, 0.05) is 12.1 Å². The molecule has 156 valence electrons. The van der Waals surface area contributed by atoms with Crippen molar-refractivity contribution in [2.24, 2.45) is 0 Å². The minimum absolute atomic E-state index is 0.137. The number of nitrogens with zero attached hydrogens (tertiary/aromatic N) is 3. The summed E-state index contributed by atoms with van der Waals surface area (Å²) in [5.74, 6) is -0.0227. The lowest BCUT2D eigenvalue weighted by atomic mass is 10.2. The van der Waals surface area contributed by atoms with Crippen molar-refractivity contribution in [1.29, 1.82) is 0 Å². The summed E-state index contributed by atoms with van der Waals surface area (Å²) in [6.07, 6.45) is 0. The van der Waals surface area contributed by atoms with Crippen LogP contribution in [-0.2, 0) is 4.79 Å². The van der Waals surface area contributed by atoms with Crippen LogP contribution in [0.5, 0.6) is 5.75 Å². The Bertz CT molecular complexity index is 1080. The number of hydrogen-bond acceptors (Lipinski definition) is 6. The first-order valence-corrected chi connectivity index (χ1v) is 9.33. The number of methoxy groups -OCH3 is 1.